The number of halogens is 1. The smallest absolute Gasteiger partial charge is 0.330 e. The molecule has 0 unspecified atom stereocenters. The second-order valence-corrected chi connectivity index (χ2v) is 4.55. The van der Waals surface area contributed by atoms with Gasteiger partial charge in [0.05, 0.1) is 6.10 Å². The van der Waals surface area contributed by atoms with Crippen molar-refractivity contribution >= 4 is 0 Å². The lowest BCUT2D eigenvalue weighted by Gasteiger charge is -2.24. The van der Waals surface area contributed by atoms with Crippen LogP contribution in [0.15, 0.2) is 21.9 Å². The molecular formula is C11H15FN2O4. The molecule has 0 aromatic carbocycles. The van der Waals surface area contributed by atoms with Gasteiger partial charge in [-0.1, -0.05) is 6.92 Å². The largest absolute Gasteiger partial charge is 0.387 e. The number of rotatable bonds is 2. The van der Waals surface area contributed by atoms with E-state index in [1.165, 1.54) is 6.92 Å². The average molecular weight is 258 g/mol. The Balaban J connectivity index is 2.45. The second-order valence-electron chi connectivity index (χ2n) is 4.55. The summed E-state index contributed by atoms with van der Waals surface area (Å²) >= 11 is 0. The molecule has 1 aliphatic heterocycles. The van der Waals surface area contributed by atoms with E-state index in [2.05, 4.69) is 0 Å². The maximum Gasteiger partial charge on any atom is 0.330 e. The predicted octanol–water partition coefficient (Wildman–Crippen LogP) is -0.0669. The Labute approximate surface area is 102 Å². The number of alkyl halides is 1. The van der Waals surface area contributed by atoms with Gasteiger partial charge in [-0.2, -0.15) is 0 Å². The number of H-pyrrole nitrogens is 1. The van der Waals surface area contributed by atoms with E-state index in [1.807, 2.05) is 4.98 Å². The highest BCUT2D eigenvalue weighted by molar-refractivity contribution is 5.00. The molecule has 6 nitrogen and oxygen atoms in total. The molecule has 1 fully saturated rings. The predicted molar refractivity (Wildman–Crippen MR) is 61.0 cm³/mol. The van der Waals surface area contributed by atoms with Gasteiger partial charge >= 0.3 is 5.69 Å². The molecule has 18 heavy (non-hydrogen) atoms. The molecule has 2 heterocycles. The first-order valence-corrected chi connectivity index (χ1v) is 5.71. The Morgan fingerprint density at radius 3 is 2.78 bits per heavy atom. The zero-order chi connectivity index (χ0) is 13.5. The van der Waals surface area contributed by atoms with E-state index >= 15 is 0 Å². The minimum absolute atomic E-state index is 0.426. The van der Waals surface area contributed by atoms with E-state index in [-0.39, 0.29) is 0 Å². The SMILES string of the molecule is CC[C@H]1O[C@@H](n2ccc(=O)[nH]c2=O)[C@](C)(F)[C@@H]1O. The first-order chi connectivity index (χ1) is 8.37. The lowest BCUT2D eigenvalue weighted by molar-refractivity contribution is -0.0510. The molecule has 0 spiro atoms. The first kappa shape index (κ1) is 13.0. The van der Waals surface area contributed by atoms with Crippen LogP contribution < -0.4 is 11.2 Å². The van der Waals surface area contributed by atoms with Crippen LogP contribution in [0.3, 0.4) is 0 Å². The standard InChI is InChI=1S/C11H15FN2O4/c1-3-6-8(16)11(2,12)9(18-6)14-5-4-7(15)13-10(14)17/h4-6,8-9,16H,3H2,1-2H3,(H,13,15,17)/t6-,8-,9-,11-/m1/s1. The first-order valence-electron chi connectivity index (χ1n) is 5.71. The minimum Gasteiger partial charge on any atom is -0.387 e. The Bertz CT molecular complexity index is 550. The highest BCUT2D eigenvalue weighted by atomic mass is 19.1. The molecule has 100 valence electrons. The van der Waals surface area contributed by atoms with Crippen molar-refractivity contribution in [1.82, 2.24) is 9.55 Å². The third-order valence-corrected chi connectivity index (χ3v) is 3.22. The fraction of sp³-hybridized carbons (Fsp3) is 0.636. The molecule has 0 amide bonds. The van der Waals surface area contributed by atoms with Crippen molar-refractivity contribution in [2.24, 2.45) is 0 Å². The lowest BCUT2D eigenvalue weighted by atomic mass is 9.97. The number of hydrogen-bond donors (Lipinski definition) is 2. The van der Waals surface area contributed by atoms with Gasteiger partial charge < -0.3 is 9.84 Å². The molecule has 1 saturated heterocycles. The van der Waals surface area contributed by atoms with Gasteiger partial charge in [-0.3, -0.25) is 14.3 Å². The number of hydrogen-bond acceptors (Lipinski definition) is 4. The molecule has 1 aliphatic rings. The van der Waals surface area contributed by atoms with Crippen molar-refractivity contribution in [2.45, 2.75) is 44.4 Å². The number of aromatic amines is 1. The van der Waals surface area contributed by atoms with Crippen LogP contribution in [0.5, 0.6) is 0 Å². The van der Waals surface area contributed by atoms with Crippen molar-refractivity contribution in [3.63, 3.8) is 0 Å². The van der Waals surface area contributed by atoms with Gasteiger partial charge in [-0.25, -0.2) is 9.18 Å². The normalized spacial score (nSPS) is 35.9. The molecule has 1 aromatic heterocycles. The molecule has 7 heteroatoms. The zero-order valence-electron chi connectivity index (χ0n) is 10.1. The van der Waals surface area contributed by atoms with Crippen molar-refractivity contribution in [3.8, 4) is 0 Å². The molecule has 0 aliphatic carbocycles. The van der Waals surface area contributed by atoms with Crippen molar-refractivity contribution in [1.29, 1.82) is 0 Å². The van der Waals surface area contributed by atoms with Crippen LogP contribution in [0, 0.1) is 0 Å². The number of aliphatic hydroxyl groups excluding tert-OH is 1. The van der Waals surface area contributed by atoms with Crippen molar-refractivity contribution < 1.29 is 14.2 Å². The summed E-state index contributed by atoms with van der Waals surface area (Å²) in [7, 11) is 0. The highest BCUT2D eigenvalue weighted by Gasteiger charge is 2.54. The van der Waals surface area contributed by atoms with E-state index < -0.39 is 35.4 Å². The van der Waals surface area contributed by atoms with Gasteiger partial charge in [0.1, 0.15) is 6.10 Å². The Morgan fingerprint density at radius 2 is 2.28 bits per heavy atom. The van der Waals surface area contributed by atoms with Crippen LogP contribution in [-0.4, -0.2) is 32.5 Å². The topological polar surface area (TPSA) is 84.3 Å². The van der Waals surface area contributed by atoms with E-state index in [4.69, 9.17) is 4.74 Å². The van der Waals surface area contributed by atoms with Crippen LogP contribution in [0.2, 0.25) is 0 Å². The number of aliphatic hydroxyl groups is 1. The van der Waals surface area contributed by atoms with Gasteiger partial charge in [0.2, 0.25) is 0 Å². The van der Waals surface area contributed by atoms with Crippen LogP contribution in [0.25, 0.3) is 0 Å². The van der Waals surface area contributed by atoms with Gasteiger partial charge in [0.15, 0.2) is 11.9 Å². The molecule has 1 aromatic rings. The number of nitrogens with zero attached hydrogens (tertiary/aromatic N) is 1. The Hall–Kier alpha value is -1.47. The van der Waals surface area contributed by atoms with Crippen LogP contribution in [0.1, 0.15) is 26.5 Å². The van der Waals surface area contributed by atoms with Gasteiger partial charge in [-0.15, -0.1) is 0 Å². The highest BCUT2D eigenvalue weighted by Crippen LogP contribution is 2.41. The molecular weight excluding hydrogens is 243 g/mol. The lowest BCUT2D eigenvalue weighted by Crippen LogP contribution is -2.43. The number of ether oxygens (including phenoxy) is 1. The molecule has 0 radical (unpaired) electrons. The molecule has 2 N–H and O–H groups in total. The molecule has 0 saturated carbocycles. The summed E-state index contributed by atoms with van der Waals surface area (Å²) in [5, 5.41) is 9.81. The number of nitrogens with one attached hydrogen (secondary N) is 1. The molecule has 4 atom stereocenters. The Morgan fingerprint density at radius 1 is 1.61 bits per heavy atom. The summed E-state index contributed by atoms with van der Waals surface area (Å²) in [5.41, 5.74) is -3.43. The third kappa shape index (κ3) is 1.89. The molecule has 0 bridgehead atoms. The van der Waals surface area contributed by atoms with Gasteiger partial charge in [0.25, 0.3) is 5.56 Å². The average Bonchev–Trinajstić information content (AvgIpc) is 2.52. The summed E-state index contributed by atoms with van der Waals surface area (Å²) in [6, 6.07) is 1.10. The van der Waals surface area contributed by atoms with E-state index in [0.717, 1.165) is 16.8 Å². The minimum atomic E-state index is -2.09. The van der Waals surface area contributed by atoms with Crippen LogP contribution >= 0.6 is 0 Å². The maximum atomic E-state index is 14.4. The monoisotopic (exact) mass is 258 g/mol. The summed E-state index contributed by atoms with van der Waals surface area (Å²) in [4.78, 5) is 24.6. The van der Waals surface area contributed by atoms with Gasteiger partial charge in [-0.05, 0) is 13.3 Å². The van der Waals surface area contributed by atoms with Crippen LogP contribution in [-0.2, 0) is 4.74 Å². The Kier molecular flexibility index (Phi) is 3.12. The molecule has 2 rings (SSSR count). The summed E-state index contributed by atoms with van der Waals surface area (Å²) in [5.74, 6) is 0. The van der Waals surface area contributed by atoms with Crippen LogP contribution in [0.4, 0.5) is 4.39 Å². The van der Waals surface area contributed by atoms with E-state index in [0.29, 0.717) is 6.42 Å². The number of aromatic nitrogens is 2. The fourth-order valence-electron chi connectivity index (χ4n) is 2.15. The summed E-state index contributed by atoms with van der Waals surface area (Å²) in [6.45, 7) is 2.93. The fourth-order valence-corrected chi connectivity index (χ4v) is 2.15. The zero-order valence-corrected chi connectivity index (χ0v) is 10.1. The van der Waals surface area contributed by atoms with Gasteiger partial charge in [0, 0.05) is 12.3 Å². The van der Waals surface area contributed by atoms with Crippen molar-refractivity contribution in [3.05, 3.63) is 33.1 Å². The van der Waals surface area contributed by atoms with E-state index in [1.54, 1.807) is 6.92 Å². The summed E-state index contributed by atoms with van der Waals surface area (Å²) < 4.78 is 20.8. The van der Waals surface area contributed by atoms with E-state index in [9.17, 15) is 19.1 Å². The second kappa shape index (κ2) is 4.33. The van der Waals surface area contributed by atoms with Crippen molar-refractivity contribution in [2.75, 3.05) is 0 Å². The quantitative estimate of drug-likeness (QED) is 0.778. The third-order valence-electron chi connectivity index (χ3n) is 3.22. The summed E-state index contributed by atoms with van der Waals surface area (Å²) in [6.07, 6.45) is -1.65. The maximum absolute atomic E-state index is 14.4.